The summed E-state index contributed by atoms with van der Waals surface area (Å²) in [6, 6.07) is 33.8. The third-order valence-corrected chi connectivity index (χ3v) is 13.0. The molecule has 0 heterocycles. The number of ether oxygens (including phenoxy) is 2. The van der Waals surface area contributed by atoms with Crippen LogP contribution >= 0.6 is 0 Å². The average Bonchev–Trinajstić information content (AvgIpc) is 3.04. The molecule has 45 heavy (non-hydrogen) atoms. The Balaban J connectivity index is 1.39. The Bertz CT molecular complexity index is 1310. The summed E-state index contributed by atoms with van der Waals surface area (Å²) in [6.45, 7) is 12.8. The molecule has 6 heteroatoms. The number of aryl methyl sites for hydroxylation is 4. The van der Waals surface area contributed by atoms with E-state index < -0.39 is 21.8 Å². The molecule has 236 valence electrons. The van der Waals surface area contributed by atoms with E-state index in [9.17, 15) is 9.59 Å². The first-order valence-electron chi connectivity index (χ1n) is 15.8. The number of carbonyl (C=O) groups excluding carboxylic acids is 2. The van der Waals surface area contributed by atoms with Gasteiger partial charge in [-0.1, -0.05) is 84.6 Å². The van der Waals surface area contributed by atoms with Gasteiger partial charge in [-0.15, -0.1) is 0 Å². The van der Waals surface area contributed by atoms with Crippen LogP contribution in [0.25, 0.3) is 0 Å². The van der Waals surface area contributed by atoms with E-state index in [4.69, 9.17) is 9.47 Å². The Morgan fingerprint density at radius 3 is 0.956 bits per heavy atom. The van der Waals surface area contributed by atoms with E-state index in [1.807, 2.05) is 13.8 Å². The molecular formula is C39H46O4S2+2. The predicted molar refractivity (Wildman–Crippen MR) is 187 cm³/mol. The van der Waals surface area contributed by atoms with Crippen LogP contribution < -0.4 is 0 Å². The van der Waals surface area contributed by atoms with Gasteiger partial charge in [-0.05, 0) is 76.2 Å². The van der Waals surface area contributed by atoms with Gasteiger partial charge in [0, 0.05) is 19.3 Å². The van der Waals surface area contributed by atoms with Crippen molar-refractivity contribution in [1.29, 1.82) is 0 Å². The SMILES string of the molecule is CCC(C(=O)OCCCOC(=O)C(CC)[S+](c1ccc(C)cc1)c1ccc(C)cc1)[S+](c1ccc(C)cc1)c1ccc(C)cc1. The lowest BCUT2D eigenvalue weighted by atomic mass is 10.2. The van der Waals surface area contributed by atoms with E-state index in [0.29, 0.717) is 19.3 Å². The number of esters is 2. The van der Waals surface area contributed by atoms with Crippen LogP contribution in [0.3, 0.4) is 0 Å². The summed E-state index contributed by atoms with van der Waals surface area (Å²) >= 11 is 0. The standard InChI is InChI=1S/C39H46O4S2/c1-7-36(44(32-18-10-28(3)11-19-32)33-20-12-29(4)13-21-33)38(40)42-26-9-27-43-39(41)37(8-2)45(34-22-14-30(5)15-23-34)35-24-16-31(6)17-25-35/h10-25,36-37H,7-9,26-27H2,1-6H3/q+2. The van der Waals surface area contributed by atoms with Gasteiger partial charge >= 0.3 is 11.9 Å². The molecule has 0 aliphatic rings. The van der Waals surface area contributed by atoms with Gasteiger partial charge in [-0.2, -0.15) is 0 Å². The Morgan fingerprint density at radius 1 is 0.489 bits per heavy atom. The van der Waals surface area contributed by atoms with Crippen molar-refractivity contribution in [2.75, 3.05) is 13.2 Å². The molecule has 0 saturated heterocycles. The second-order valence-electron chi connectivity index (χ2n) is 11.4. The van der Waals surface area contributed by atoms with E-state index in [2.05, 4.69) is 125 Å². The van der Waals surface area contributed by atoms with Crippen LogP contribution in [-0.2, 0) is 40.9 Å². The van der Waals surface area contributed by atoms with Crippen molar-refractivity contribution >= 4 is 33.7 Å². The average molecular weight is 643 g/mol. The summed E-state index contributed by atoms with van der Waals surface area (Å²) in [5, 5.41) is -0.596. The molecule has 0 aliphatic carbocycles. The molecule has 4 aromatic rings. The highest BCUT2D eigenvalue weighted by Gasteiger charge is 2.42. The molecule has 4 nitrogen and oxygen atoms in total. The summed E-state index contributed by atoms with van der Waals surface area (Å²) in [6.07, 6.45) is 1.78. The summed E-state index contributed by atoms with van der Waals surface area (Å²) in [7, 11) is -0.923. The van der Waals surface area contributed by atoms with Gasteiger partial charge in [0.1, 0.15) is 0 Å². The largest absolute Gasteiger partial charge is 0.462 e. The van der Waals surface area contributed by atoms with Crippen molar-refractivity contribution in [1.82, 2.24) is 0 Å². The van der Waals surface area contributed by atoms with Gasteiger partial charge in [0.05, 0.1) is 35.0 Å². The zero-order valence-electron chi connectivity index (χ0n) is 27.4. The topological polar surface area (TPSA) is 52.6 Å². The Hall–Kier alpha value is -3.48. The van der Waals surface area contributed by atoms with Crippen LogP contribution in [0.1, 0.15) is 55.4 Å². The third-order valence-electron chi connectivity index (χ3n) is 7.71. The van der Waals surface area contributed by atoms with Gasteiger partial charge < -0.3 is 9.47 Å². The summed E-state index contributed by atoms with van der Waals surface area (Å²) in [5.41, 5.74) is 4.75. The zero-order valence-corrected chi connectivity index (χ0v) is 29.0. The molecule has 4 aromatic carbocycles. The smallest absolute Gasteiger partial charge is 0.360 e. The Labute approximate surface area is 275 Å². The number of carbonyl (C=O) groups is 2. The van der Waals surface area contributed by atoms with Gasteiger partial charge in [0.25, 0.3) is 0 Å². The van der Waals surface area contributed by atoms with Crippen LogP contribution in [-0.4, -0.2) is 35.7 Å². The second-order valence-corrected chi connectivity index (χ2v) is 15.8. The monoisotopic (exact) mass is 642 g/mol. The maximum Gasteiger partial charge on any atom is 0.360 e. The quantitative estimate of drug-likeness (QED) is 0.0784. The molecule has 0 spiro atoms. The van der Waals surface area contributed by atoms with Crippen molar-refractivity contribution in [2.24, 2.45) is 0 Å². The van der Waals surface area contributed by atoms with Gasteiger partial charge in [-0.3, -0.25) is 0 Å². The highest BCUT2D eigenvalue weighted by atomic mass is 32.2. The minimum absolute atomic E-state index is 0.208. The maximum atomic E-state index is 13.5. The van der Waals surface area contributed by atoms with Crippen LogP contribution in [0, 0.1) is 27.7 Å². The number of hydrogen-bond acceptors (Lipinski definition) is 4. The van der Waals surface area contributed by atoms with Gasteiger partial charge in [0.2, 0.25) is 10.5 Å². The van der Waals surface area contributed by atoms with Crippen LogP contribution in [0.2, 0.25) is 0 Å². The molecule has 2 unspecified atom stereocenters. The van der Waals surface area contributed by atoms with Crippen molar-refractivity contribution < 1.29 is 19.1 Å². The zero-order chi connectivity index (χ0) is 32.3. The van der Waals surface area contributed by atoms with Crippen molar-refractivity contribution in [3.63, 3.8) is 0 Å². The first-order valence-corrected chi connectivity index (χ1v) is 18.4. The molecule has 0 amide bonds. The second kappa shape index (κ2) is 16.7. The van der Waals surface area contributed by atoms with Crippen molar-refractivity contribution in [3.05, 3.63) is 119 Å². The molecule has 0 aromatic heterocycles. The first kappa shape index (κ1) is 34.4. The minimum atomic E-state index is -0.462. The number of rotatable bonds is 14. The highest BCUT2D eigenvalue weighted by molar-refractivity contribution is 7.98. The maximum absolute atomic E-state index is 13.5. The lowest BCUT2D eigenvalue weighted by Gasteiger charge is -2.18. The summed E-state index contributed by atoms with van der Waals surface area (Å²) in [5.74, 6) is -0.417. The van der Waals surface area contributed by atoms with Crippen molar-refractivity contribution in [2.45, 2.75) is 90.9 Å². The molecule has 4 rings (SSSR count). The molecule has 0 saturated carbocycles. The van der Waals surface area contributed by atoms with Gasteiger partial charge in [0.15, 0.2) is 19.6 Å². The highest BCUT2D eigenvalue weighted by Crippen LogP contribution is 2.32. The first-order chi connectivity index (χ1) is 21.7. The van der Waals surface area contributed by atoms with Gasteiger partial charge in [-0.25, -0.2) is 9.59 Å². The van der Waals surface area contributed by atoms with Crippen molar-refractivity contribution in [3.8, 4) is 0 Å². The number of hydrogen-bond donors (Lipinski definition) is 0. The fourth-order valence-electron chi connectivity index (χ4n) is 5.12. The van der Waals surface area contributed by atoms with E-state index >= 15 is 0 Å². The van der Waals surface area contributed by atoms with E-state index in [1.165, 1.54) is 22.3 Å². The van der Waals surface area contributed by atoms with E-state index in [1.54, 1.807) is 0 Å². The molecule has 0 N–H and O–H groups in total. The predicted octanol–water partition coefficient (Wildman–Crippen LogP) is 8.73. The normalized spacial score (nSPS) is 12.6. The molecule has 0 bridgehead atoms. The minimum Gasteiger partial charge on any atom is -0.462 e. The van der Waals surface area contributed by atoms with Crippen LogP contribution in [0.4, 0.5) is 0 Å². The van der Waals surface area contributed by atoms with E-state index in [0.717, 1.165) is 19.6 Å². The molecule has 0 radical (unpaired) electrons. The lowest BCUT2D eigenvalue weighted by Crippen LogP contribution is -2.33. The van der Waals surface area contributed by atoms with Crippen LogP contribution in [0.15, 0.2) is 117 Å². The fourth-order valence-corrected chi connectivity index (χ4v) is 9.88. The Kier molecular flexibility index (Phi) is 12.8. The summed E-state index contributed by atoms with van der Waals surface area (Å²) < 4.78 is 11.6. The van der Waals surface area contributed by atoms with Crippen LogP contribution in [0.5, 0.6) is 0 Å². The molecule has 2 atom stereocenters. The summed E-state index contributed by atoms with van der Waals surface area (Å²) in [4.78, 5) is 31.5. The molecular weight excluding hydrogens is 597 g/mol. The lowest BCUT2D eigenvalue weighted by molar-refractivity contribution is -0.145. The number of benzene rings is 4. The Morgan fingerprint density at radius 2 is 0.733 bits per heavy atom. The van der Waals surface area contributed by atoms with E-state index in [-0.39, 0.29) is 35.7 Å². The third kappa shape index (κ3) is 9.27. The molecule has 0 aliphatic heterocycles. The molecule has 0 fully saturated rings. The fraction of sp³-hybridized carbons (Fsp3) is 0.333.